The van der Waals surface area contributed by atoms with Crippen LogP contribution in [0.3, 0.4) is 0 Å². The molecule has 2 nitrogen and oxygen atoms in total. The minimum absolute atomic E-state index is 0.113. The normalized spacial score (nSPS) is 36.1. The highest BCUT2D eigenvalue weighted by Crippen LogP contribution is 2.59. The summed E-state index contributed by atoms with van der Waals surface area (Å²) in [4.78, 5) is 0. The third-order valence-corrected chi connectivity index (χ3v) is 6.51. The molecule has 2 fully saturated rings. The van der Waals surface area contributed by atoms with Crippen LogP contribution in [0.15, 0.2) is 18.2 Å². The first-order chi connectivity index (χ1) is 11.0. The molecule has 4 unspecified atom stereocenters. The maximum absolute atomic E-state index is 10.4. The van der Waals surface area contributed by atoms with Gasteiger partial charge < -0.3 is 10.2 Å². The average Bonchev–Trinajstić information content (AvgIpc) is 2.84. The van der Waals surface area contributed by atoms with Gasteiger partial charge in [-0.1, -0.05) is 40.2 Å². The number of aliphatic hydroxyl groups is 1. The molecule has 2 heteroatoms. The smallest absolute Gasteiger partial charge is 0.115 e. The number of rotatable bonds is 2. The van der Waals surface area contributed by atoms with Gasteiger partial charge in [0.1, 0.15) is 5.75 Å². The van der Waals surface area contributed by atoms with Gasteiger partial charge in [0.2, 0.25) is 0 Å². The number of aromatic hydroxyl groups is 1. The Kier molecular flexibility index (Phi) is 5.78. The van der Waals surface area contributed by atoms with Crippen LogP contribution >= 0.6 is 0 Å². The number of aliphatic hydroxyl groups excluding tert-OH is 1. The summed E-state index contributed by atoms with van der Waals surface area (Å²) in [6.45, 7) is 10.7. The molecule has 3 rings (SSSR count). The monoisotopic (exact) mass is 318 g/mol. The largest absolute Gasteiger partial charge is 0.508 e. The Morgan fingerprint density at radius 2 is 1.87 bits per heavy atom. The van der Waals surface area contributed by atoms with E-state index in [2.05, 4.69) is 26.8 Å². The molecule has 1 aromatic carbocycles. The predicted octanol–water partition coefficient (Wildman–Crippen LogP) is 5.41. The van der Waals surface area contributed by atoms with E-state index in [9.17, 15) is 10.2 Å². The van der Waals surface area contributed by atoms with Gasteiger partial charge >= 0.3 is 0 Å². The molecule has 2 aliphatic rings. The number of hydrogen-bond acceptors (Lipinski definition) is 2. The van der Waals surface area contributed by atoms with Crippen molar-refractivity contribution >= 4 is 0 Å². The lowest BCUT2D eigenvalue weighted by atomic mass is 9.57. The van der Waals surface area contributed by atoms with Gasteiger partial charge in [-0.25, -0.2) is 0 Å². The van der Waals surface area contributed by atoms with E-state index in [0.717, 1.165) is 19.3 Å². The Bertz CT molecular complexity index is 525. The first-order valence-corrected chi connectivity index (χ1v) is 9.45. The average molecular weight is 319 g/mol. The molecule has 130 valence electrons. The molecule has 2 saturated carbocycles. The van der Waals surface area contributed by atoms with Crippen LogP contribution in [-0.4, -0.2) is 16.3 Å². The van der Waals surface area contributed by atoms with Gasteiger partial charge in [-0.05, 0) is 79.0 Å². The van der Waals surface area contributed by atoms with Crippen molar-refractivity contribution < 1.29 is 10.2 Å². The Morgan fingerprint density at radius 1 is 1.17 bits per heavy atom. The number of phenolic OH excluding ortho intramolecular Hbond substituents is 1. The van der Waals surface area contributed by atoms with E-state index in [-0.39, 0.29) is 11.5 Å². The Morgan fingerprint density at radius 3 is 2.48 bits per heavy atom. The van der Waals surface area contributed by atoms with Gasteiger partial charge in [-0.3, -0.25) is 0 Å². The molecular weight excluding hydrogens is 284 g/mol. The summed E-state index contributed by atoms with van der Waals surface area (Å²) >= 11 is 0. The quantitative estimate of drug-likeness (QED) is 0.765. The van der Waals surface area contributed by atoms with E-state index in [1.165, 1.54) is 24.0 Å². The zero-order valence-corrected chi connectivity index (χ0v) is 15.5. The maximum Gasteiger partial charge on any atom is 0.115 e. The second kappa shape index (κ2) is 7.25. The second-order valence-electron chi connectivity index (χ2n) is 7.46. The van der Waals surface area contributed by atoms with Crippen LogP contribution in [0.25, 0.3) is 0 Å². The van der Waals surface area contributed by atoms with Gasteiger partial charge in [-0.15, -0.1) is 0 Å². The molecule has 0 amide bonds. The van der Waals surface area contributed by atoms with Gasteiger partial charge in [-0.2, -0.15) is 0 Å². The van der Waals surface area contributed by atoms with Crippen LogP contribution in [0.2, 0.25) is 0 Å². The van der Waals surface area contributed by atoms with Gasteiger partial charge in [0.15, 0.2) is 0 Å². The minimum Gasteiger partial charge on any atom is -0.508 e. The molecule has 0 aromatic heterocycles. The van der Waals surface area contributed by atoms with E-state index in [4.69, 9.17) is 0 Å². The molecule has 0 aliphatic heterocycles. The number of fused-ring (bicyclic) bond motifs is 1. The number of benzene rings is 1. The molecule has 2 N–H and O–H groups in total. The SMILES string of the molecule is CC.CCC1C2CCC(O)C2(C)CC[C@@H]1c1ccc(O)cc1C. The van der Waals surface area contributed by atoms with Crippen molar-refractivity contribution in [3.05, 3.63) is 29.3 Å². The zero-order valence-electron chi connectivity index (χ0n) is 15.5. The lowest BCUT2D eigenvalue weighted by Gasteiger charge is -2.48. The molecule has 0 heterocycles. The molecular formula is C21H34O2. The molecule has 1 aromatic rings. The van der Waals surface area contributed by atoms with E-state index in [1.54, 1.807) is 0 Å². The fraction of sp³-hybridized carbons (Fsp3) is 0.714. The number of aryl methyl sites for hydroxylation is 1. The molecule has 0 spiro atoms. The fourth-order valence-electron chi connectivity index (χ4n) is 5.29. The molecule has 5 atom stereocenters. The highest BCUT2D eigenvalue weighted by atomic mass is 16.3. The van der Waals surface area contributed by atoms with Crippen molar-refractivity contribution in [2.75, 3.05) is 0 Å². The summed E-state index contributed by atoms with van der Waals surface area (Å²) in [5.74, 6) is 2.24. The van der Waals surface area contributed by atoms with Crippen LogP contribution in [0, 0.1) is 24.2 Å². The van der Waals surface area contributed by atoms with Crippen LogP contribution in [0.4, 0.5) is 0 Å². The second-order valence-corrected chi connectivity index (χ2v) is 7.46. The number of phenols is 1. The van der Waals surface area contributed by atoms with Gasteiger partial charge in [0, 0.05) is 0 Å². The summed E-state index contributed by atoms with van der Waals surface area (Å²) < 4.78 is 0. The lowest BCUT2D eigenvalue weighted by molar-refractivity contribution is -0.0195. The Labute approximate surface area is 141 Å². The van der Waals surface area contributed by atoms with Crippen LogP contribution in [0.1, 0.15) is 76.8 Å². The van der Waals surface area contributed by atoms with E-state index in [1.807, 2.05) is 26.0 Å². The maximum atomic E-state index is 10.4. The molecule has 2 aliphatic carbocycles. The molecule has 0 radical (unpaired) electrons. The third-order valence-electron chi connectivity index (χ3n) is 6.51. The molecule has 23 heavy (non-hydrogen) atoms. The molecule has 0 bridgehead atoms. The van der Waals surface area contributed by atoms with Crippen molar-refractivity contribution in [3.63, 3.8) is 0 Å². The number of hydrogen-bond donors (Lipinski definition) is 2. The summed E-state index contributed by atoms with van der Waals surface area (Å²) in [6, 6.07) is 5.83. The summed E-state index contributed by atoms with van der Waals surface area (Å²) in [6.07, 6.45) is 5.49. The first kappa shape index (κ1) is 18.3. The van der Waals surface area contributed by atoms with Crippen LogP contribution < -0.4 is 0 Å². The van der Waals surface area contributed by atoms with E-state index < -0.39 is 0 Å². The Balaban J connectivity index is 0.000000924. The van der Waals surface area contributed by atoms with Crippen LogP contribution in [0.5, 0.6) is 5.75 Å². The predicted molar refractivity (Wildman–Crippen MR) is 96.8 cm³/mol. The van der Waals surface area contributed by atoms with Crippen molar-refractivity contribution in [3.8, 4) is 5.75 Å². The van der Waals surface area contributed by atoms with Crippen molar-refractivity contribution in [2.24, 2.45) is 17.3 Å². The summed E-state index contributed by atoms with van der Waals surface area (Å²) in [5.41, 5.74) is 2.74. The van der Waals surface area contributed by atoms with Crippen molar-refractivity contribution in [1.82, 2.24) is 0 Å². The first-order valence-electron chi connectivity index (χ1n) is 9.45. The highest BCUT2D eigenvalue weighted by molar-refractivity contribution is 5.37. The van der Waals surface area contributed by atoms with Crippen molar-refractivity contribution in [2.45, 2.75) is 78.7 Å². The topological polar surface area (TPSA) is 40.5 Å². The summed E-state index contributed by atoms with van der Waals surface area (Å²) in [7, 11) is 0. The fourth-order valence-corrected chi connectivity index (χ4v) is 5.29. The summed E-state index contributed by atoms with van der Waals surface area (Å²) in [5, 5.41) is 20.1. The highest BCUT2D eigenvalue weighted by Gasteiger charge is 2.53. The zero-order chi connectivity index (χ0) is 17.2. The lowest BCUT2D eigenvalue weighted by Crippen LogP contribution is -2.42. The van der Waals surface area contributed by atoms with Crippen LogP contribution in [-0.2, 0) is 0 Å². The van der Waals surface area contributed by atoms with Gasteiger partial charge in [0.05, 0.1) is 6.10 Å². The van der Waals surface area contributed by atoms with E-state index >= 15 is 0 Å². The Hall–Kier alpha value is -1.02. The standard InChI is InChI=1S/C19H28O2.C2H6/c1-4-14-16(15-6-5-13(20)11-12(15)2)9-10-19(3)17(14)7-8-18(19)21;1-2/h5-6,11,14,16-18,20-21H,4,7-10H2,1-3H3;1-2H3/t14?,16-,17?,18?,19?;/m0./s1. The minimum atomic E-state index is -0.113. The van der Waals surface area contributed by atoms with Crippen molar-refractivity contribution in [1.29, 1.82) is 0 Å². The van der Waals surface area contributed by atoms with Gasteiger partial charge in [0.25, 0.3) is 0 Å². The third kappa shape index (κ3) is 3.15. The van der Waals surface area contributed by atoms with E-state index in [0.29, 0.717) is 23.5 Å². The molecule has 0 saturated heterocycles.